The molecule has 1 aliphatic carbocycles. The van der Waals surface area contributed by atoms with Gasteiger partial charge in [-0.2, -0.15) is 0 Å². The van der Waals surface area contributed by atoms with Crippen molar-refractivity contribution in [2.45, 2.75) is 19.3 Å². The average molecular weight is 220 g/mol. The van der Waals surface area contributed by atoms with Gasteiger partial charge in [0.2, 0.25) is 5.56 Å². The van der Waals surface area contributed by atoms with Crippen molar-refractivity contribution in [3.63, 3.8) is 0 Å². The standard InChI is InChI=1S/C12H16N2O2/c1-14(8-9-3-2-4-9)12(16)10-5-6-11(15)13-7-10/h5-7,9H,2-4,8H2,1H3,(H,13,15). The lowest BCUT2D eigenvalue weighted by Crippen LogP contribution is -2.34. The van der Waals surface area contributed by atoms with E-state index in [4.69, 9.17) is 0 Å². The summed E-state index contributed by atoms with van der Waals surface area (Å²) in [6.07, 6.45) is 5.21. The number of pyridine rings is 1. The van der Waals surface area contributed by atoms with Crippen LogP contribution in [0.15, 0.2) is 23.1 Å². The molecule has 2 rings (SSSR count). The first-order valence-electron chi connectivity index (χ1n) is 5.61. The molecule has 0 saturated heterocycles. The van der Waals surface area contributed by atoms with Crippen LogP contribution in [0.4, 0.5) is 0 Å². The summed E-state index contributed by atoms with van der Waals surface area (Å²) < 4.78 is 0. The maximum absolute atomic E-state index is 11.9. The average Bonchev–Trinajstić information content (AvgIpc) is 2.23. The zero-order chi connectivity index (χ0) is 11.5. The molecule has 0 atom stereocenters. The molecule has 0 aliphatic heterocycles. The van der Waals surface area contributed by atoms with Crippen molar-refractivity contribution < 1.29 is 4.79 Å². The molecular weight excluding hydrogens is 204 g/mol. The molecule has 1 saturated carbocycles. The number of nitrogens with zero attached hydrogens (tertiary/aromatic N) is 1. The van der Waals surface area contributed by atoms with Crippen LogP contribution < -0.4 is 5.56 Å². The minimum atomic E-state index is -0.182. The molecule has 1 fully saturated rings. The molecule has 1 aromatic rings. The summed E-state index contributed by atoms with van der Waals surface area (Å²) >= 11 is 0. The molecule has 4 heteroatoms. The third-order valence-corrected chi connectivity index (χ3v) is 3.13. The number of hydrogen-bond donors (Lipinski definition) is 1. The van der Waals surface area contributed by atoms with Crippen molar-refractivity contribution in [3.8, 4) is 0 Å². The van der Waals surface area contributed by atoms with Crippen molar-refractivity contribution in [3.05, 3.63) is 34.2 Å². The van der Waals surface area contributed by atoms with Gasteiger partial charge in [-0.15, -0.1) is 0 Å². The fourth-order valence-electron chi connectivity index (χ4n) is 1.91. The molecule has 1 heterocycles. The number of carbonyl (C=O) groups excluding carboxylic acids is 1. The minimum Gasteiger partial charge on any atom is -0.341 e. The van der Waals surface area contributed by atoms with E-state index >= 15 is 0 Å². The molecule has 4 nitrogen and oxygen atoms in total. The lowest BCUT2D eigenvalue weighted by atomic mass is 9.85. The Labute approximate surface area is 94.3 Å². The molecule has 1 aromatic heterocycles. The monoisotopic (exact) mass is 220 g/mol. The van der Waals surface area contributed by atoms with Crippen molar-refractivity contribution in [2.75, 3.05) is 13.6 Å². The predicted octanol–water partition coefficient (Wildman–Crippen LogP) is 1.25. The Morgan fingerprint density at radius 3 is 2.75 bits per heavy atom. The van der Waals surface area contributed by atoms with Crippen molar-refractivity contribution in [2.24, 2.45) is 5.92 Å². The van der Waals surface area contributed by atoms with Crippen LogP contribution in [0.3, 0.4) is 0 Å². The molecule has 16 heavy (non-hydrogen) atoms. The predicted molar refractivity (Wildman–Crippen MR) is 61.4 cm³/mol. The highest BCUT2D eigenvalue weighted by molar-refractivity contribution is 5.93. The molecular formula is C12H16N2O2. The first kappa shape index (κ1) is 10.9. The normalized spacial score (nSPS) is 15.6. The highest BCUT2D eigenvalue weighted by atomic mass is 16.2. The Morgan fingerprint density at radius 2 is 2.25 bits per heavy atom. The number of amides is 1. The van der Waals surface area contributed by atoms with Crippen molar-refractivity contribution >= 4 is 5.91 Å². The van der Waals surface area contributed by atoms with Gasteiger partial charge < -0.3 is 9.88 Å². The van der Waals surface area contributed by atoms with Crippen LogP contribution in [0.5, 0.6) is 0 Å². The SMILES string of the molecule is CN(CC1CCC1)C(=O)c1ccc(=O)[nH]c1. The van der Waals surface area contributed by atoms with Gasteiger partial charge in [0, 0.05) is 25.9 Å². The maximum atomic E-state index is 11.9. The smallest absolute Gasteiger partial charge is 0.255 e. The lowest BCUT2D eigenvalue weighted by molar-refractivity contribution is 0.0745. The Hall–Kier alpha value is -1.58. The summed E-state index contributed by atoms with van der Waals surface area (Å²) in [7, 11) is 1.81. The quantitative estimate of drug-likeness (QED) is 0.833. The van der Waals surface area contributed by atoms with Gasteiger partial charge >= 0.3 is 0 Å². The molecule has 0 unspecified atom stereocenters. The Kier molecular flexibility index (Phi) is 3.08. The number of carbonyl (C=O) groups is 1. The Morgan fingerprint density at radius 1 is 1.50 bits per heavy atom. The van der Waals surface area contributed by atoms with E-state index < -0.39 is 0 Å². The van der Waals surface area contributed by atoms with Crippen molar-refractivity contribution in [1.29, 1.82) is 0 Å². The van der Waals surface area contributed by atoms with Crippen LogP contribution in [0.2, 0.25) is 0 Å². The molecule has 86 valence electrons. The third-order valence-electron chi connectivity index (χ3n) is 3.13. The van der Waals surface area contributed by atoms with Gasteiger partial charge in [0.05, 0.1) is 5.56 Å². The lowest BCUT2D eigenvalue weighted by Gasteiger charge is -2.30. The van der Waals surface area contributed by atoms with Crippen molar-refractivity contribution in [1.82, 2.24) is 9.88 Å². The molecule has 1 aliphatic rings. The topological polar surface area (TPSA) is 53.2 Å². The summed E-state index contributed by atoms with van der Waals surface area (Å²) in [6.45, 7) is 0.817. The van der Waals surface area contributed by atoms with E-state index in [9.17, 15) is 9.59 Å². The van der Waals surface area contributed by atoms with Crippen LogP contribution in [0, 0.1) is 5.92 Å². The van der Waals surface area contributed by atoms with E-state index in [1.165, 1.54) is 31.5 Å². The van der Waals surface area contributed by atoms with E-state index in [1.54, 1.807) is 11.0 Å². The van der Waals surface area contributed by atoms with Gasteiger partial charge in [-0.3, -0.25) is 9.59 Å². The van der Waals surface area contributed by atoms with Gasteiger partial charge in [-0.1, -0.05) is 6.42 Å². The molecule has 0 radical (unpaired) electrons. The number of hydrogen-bond acceptors (Lipinski definition) is 2. The fourth-order valence-corrected chi connectivity index (χ4v) is 1.91. The Balaban J connectivity index is 2.00. The summed E-state index contributed by atoms with van der Waals surface area (Å²) in [4.78, 5) is 27.0. The van der Waals surface area contributed by atoms with E-state index in [2.05, 4.69) is 4.98 Å². The number of nitrogens with one attached hydrogen (secondary N) is 1. The molecule has 0 spiro atoms. The minimum absolute atomic E-state index is 0.0249. The molecule has 1 amide bonds. The highest BCUT2D eigenvalue weighted by Gasteiger charge is 2.21. The molecule has 0 aromatic carbocycles. The first-order valence-corrected chi connectivity index (χ1v) is 5.61. The van der Waals surface area contributed by atoms with E-state index in [1.807, 2.05) is 7.05 Å². The van der Waals surface area contributed by atoms with E-state index in [0.29, 0.717) is 11.5 Å². The molecule has 0 bridgehead atoms. The molecule has 1 N–H and O–H groups in total. The number of H-pyrrole nitrogens is 1. The zero-order valence-electron chi connectivity index (χ0n) is 9.40. The first-order chi connectivity index (χ1) is 7.66. The van der Waals surface area contributed by atoms with Crippen LogP contribution in [0.25, 0.3) is 0 Å². The summed E-state index contributed by atoms with van der Waals surface area (Å²) in [5.74, 6) is 0.639. The number of aromatic nitrogens is 1. The number of rotatable bonds is 3. The number of aromatic amines is 1. The summed E-state index contributed by atoms with van der Waals surface area (Å²) in [5.41, 5.74) is 0.361. The van der Waals surface area contributed by atoms with Gasteiger partial charge in [0.15, 0.2) is 0 Å². The second-order valence-corrected chi connectivity index (χ2v) is 4.42. The largest absolute Gasteiger partial charge is 0.341 e. The van der Waals surface area contributed by atoms with Crippen LogP contribution >= 0.6 is 0 Å². The summed E-state index contributed by atoms with van der Waals surface area (Å²) in [5, 5.41) is 0. The van der Waals surface area contributed by atoms with Gasteiger partial charge in [-0.05, 0) is 24.8 Å². The van der Waals surface area contributed by atoms with Gasteiger partial charge in [0.25, 0.3) is 5.91 Å². The maximum Gasteiger partial charge on any atom is 0.255 e. The van der Waals surface area contributed by atoms with E-state index in [0.717, 1.165) is 6.54 Å². The van der Waals surface area contributed by atoms with Crippen LogP contribution in [0.1, 0.15) is 29.6 Å². The second kappa shape index (κ2) is 4.51. The van der Waals surface area contributed by atoms with Crippen LogP contribution in [-0.2, 0) is 0 Å². The summed E-state index contributed by atoms with van der Waals surface area (Å²) in [6, 6.07) is 2.95. The van der Waals surface area contributed by atoms with E-state index in [-0.39, 0.29) is 11.5 Å². The van der Waals surface area contributed by atoms with Gasteiger partial charge in [0.1, 0.15) is 0 Å². The second-order valence-electron chi connectivity index (χ2n) is 4.42. The Bertz CT molecular complexity index is 414. The zero-order valence-corrected chi connectivity index (χ0v) is 9.40. The third kappa shape index (κ3) is 2.32. The fraction of sp³-hybridized carbons (Fsp3) is 0.500. The highest BCUT2D eigenvalue weighted by Crippen LogP contribution is 2.26. The van der Waals surface area contributed by atoms with Crippen LogP contribution in [-0.4, -0.2) is 29.4 Å². The van der Waals surface area contributed by atoms with Gasteiger partial charge in [-0.25, -0.2) is 0 Å².